The summed E-state index contributed by atoms with van der Waals surface area (Å²) in [5, 5.41) is 3.48. The van der Waals surface area contributed by atoms with E-state index in [1.54, 1.807) is 7.11 Å². The Morgan fingerprint density at radius 2 is 1.95 bits per heavy atom. The zero-order valence-corrected chi connectivity index (χ0v) is 14.1. The van der Waals surface area contributed by atoms with Crippen molar-refractivity contribution in [1.29, 1.82) is 0 Å². The van der Waals surface area contributed by atoms with Crippen LogP contribution in [0.3, 0.4) is 0 Å². The molecule has 0 fully saturated rings. The molecule has 1 N–H and O–H groups in total. The number of ether oxygens (including phenoxy) is 2. The Bertz CT molecular complexity index is 402. The van der Waals surface area contributed by atoms with Gasteiger partial charge in [-0.3, -0.25) is 0 Å². The maximum Gasteiger partial charge on any atom is 0.161 e. The highest BCUT2D eigenvalue weighted by molar-refractivity contribution is 7.98. The van der Waals surface area contributed by atoms with Gasteiger partial charge < -0.3 is 14.8 Å². The van der Waals surface area contributed by atoms with Crippen molar-refractivity contribution in [2.24, 2.45) is 0 Å². The van der Waals surface area contributed by atoms with Gasteiger partial charge in [-0.1, -0.05) is 6.07 Å². The summed E-state index contributed by atoms with van der Waals surface area (Å²) in [6.45, 7) is 8.05. The first-order valence-corrected chi connectivity index (χ1v) is 8.39. The Kier molecular flexibility index (Phi) is 7.24. The van der Waals surface area contributed by atoms with E-state index in [1.165, 1.54) is 5.56 Å². The van der Waals surface area contributed by atoms with Crippen molar-refractivity contribution in [3.05, 3.63) is 23.8 Å². The summed E-state index contributed by atoms with van der Waals surface area (Å²) >= 11 is 1.84. The van der Waals surface area contributed by atoms with Crippen LogP contribution in [0.2, 0.25) is 0 Å². The van der Waals surface area contributed by atoms with Crippen LogP contribution in [0, 0.1) is 0 Å². The average molecular weight is 297 g/mol. The lowest BCUT2D eigenvalue weighted by Crippen LogP contribution is -2.35. The molecule has 0 bridgehead atoms. The summed E-state index contributed by atoms with van der Waals surface area (Å²) in [7, 11) is 1.68. The first kappa shape index (κ1) is 17.2. The van der Waals surface area contributed by atoms with Crippen molar-refractivity contribution in [2.45, 2.75) is 39.3 Å². The van der Waals surface area contributed by atoms with Crippen LogP contribution in [0.25, 0.3) is 0 Å². The van der Waals surface area contributed by atoms with Crippen molar-refractivity contribution in [3.63, 3.8) is 0 Å². The van der Waals surface area contributed by atoms with Gasteiger partial charge in [0.25, 0.3) is 0 Å². The lowest BCUT2D eigenvalue weighted by atomic mass is 10.1. The van der Waals surface area contributed by atoms with Gasteiger partial charge in [-0.15, -0.1) is 0 Å². The molecule has 114 valence electrons. The second-order valence-corrected chi connectivity index (χ2v) is 6.77. The molecule has 1 rings (SSSR count). The van der Waals surface area contributed by atoms with E-state index in [9.17, 15) is 0 Å². The lowest BCUT2D eigenvalue weighted by molar-refractivity contribution is 0.294. The fourth-order valence-corrected chi connectivity index (χ4v) is 2.10. The lowest BCUT2D eigenvalue weighted by Gasteiger charge is -2.21. The van der Waals surface area contributed by atoms with Crippen LogP contribution in [-0.2, 0) is 6.54 Å². The Morgan fingerprint density at radius 3 is 2.55 bits per heavy atom. The Labute approximate surface area is 127 Å². The summed E-state index contributed by atoms with van der Waals surface area (Å²) in [5.74, 6) is 2.75. The molecule has 0 saturated heterocycles. The number of rotatable bonds is 8. The molecule has 0 amide bonds. The SMILES string of the molecule is COc1ccc(CNC(C)(C)C)cc1OCCCSC. The molecule has 0 radical (unpaired) electrons. The average Bonchev–Trinajstić information content (AvgIpc) is 2.40. The standard InChI is InChI=1S/C16H27NO2S/c1-16(2,3)17-12-13-7-8-14(18-4)15(11-13)19-9-6-10-20-5/h7-8,11,17H,6,9-10,12H2,1-5H3. The van der Waals surface area contributed by atoms with Crippen LogP contribution in [0.15, 0.2) is 18.2 Å². The van der Waals surface area contributed by atoms with E-state index in [4.69, 9.17) is 9.47 Å². The zero-order valence-electron chi connectivity index (χ0n) is 13.3. The van der Waals surface area contributed by atoms with Gasteiger partial charge in [0.2, 0.25) is 0 Å². The van der Waals surface area contributed by atoms with Gasteiger partial charge in [-0.25, -0.2) is 0 Å². The summed E-state index contributed by atoms with van der Waals surface area (Å²) in [6, 6.07) is 6.12. The van der Waals surface area contributed by atoms with Crippen molar-refractivity contribution in [2.75, 3.05) is 25.7 Å². The van der Waals surface area contributed by atoms with Crippen LogP contribution in [0.5, 0.6) is 11.5 Å². The Balaban J connectivity index is 2.65. The molecule has 1 aromatic carbocycles. The highest BCUT2D eigenvalue weighted by Gasteiger charge is 2.10. The monoisotopic (exact) mass is 297 g/mol. The van der Waals surface area contributed by atoms with Gasteiger partial charge in [0, 0.05) is 12.1 Å². The predicted octanol–water partition coefficient (Wildman–Crippen LogP) is 3.72. The molecule has 0 aromatic heterocycles. The number of thioether (sulfide) groups is 1. The molecular weight excluding hydrogens is 270 g/mol. The van der Waals surface area contributed by atoms with Gasteiger partial charge in [-0.2, -0.15) is 11.8 Å². The number of hydrogen-bond donors (Lipinski definition) is 1. The second kappa shape index (κ2) is 8.42. The van der Waals surface area contributed by atoms with E-state index < -0.39 is 0 Å². The molecule has 1 aromatic rings. The number of nitrogens with one attached hydrogen (secondary N) is 1. The van der Waals surface area contributed by atoms with Gasteiger partial charge in [-0.05, 0) is 56.9 Å². The van der Waals surface area contributed by atoms with Crippen LogP contribution in [0.4, 0.5) is 0 Å². The highest BCUT2D eigenvalue weighted by Crippen LogP contribution is 2.28. The summed E-state index contributed by atoms with van der Waals surface area (Å²) in [4.78, 5) is 0. The molecule has 0 aliphatic heterocycles. The quantitative estimate of drug-likeness (QED) is 0.741. The molecular formula is C16H27NO2S. The maximum absolute atomic E-state index is 5.84. The van der Waals surface area contributed by atoms with Gasteiger partial charge >= 0.3 is 0 Å². The molecule has 0 aliphatic carbocycles. The highest BCUT2D eigenvalue weighted by atomic mass is 32.2. The van der Waals surface area contributed by atoms with E-state index in [2.05, 4.69) is 44.5 Å². The first-order chi connectivity index (χ1) is 9.46. The molecule has 0 unspecified atom stereocenters. The zero-order chi connectivity index (χ0) is 15.0. The third-order valence-electron chi connectivity index (χ3n) is 2.80. The third kappa shape index (κ3) is 6.53. The van der Waals surface area contributed by atoms with E-state index in [-0.39, 0.29) is 5.54 Å². The van der Waals surface area contributed by atoms with Crippen molar-refractivity contribution in [1.82, 2.24) is 5.32 Å². The van der Waals surface area contributed by atoms with E-state index >= 15 is 0 Å². The molecule has 0 atom stereocenters. The number of hydrogen-bond acceptors (Lipinski definition) is 4. The molecule has 3 nitrogen and oxygen atoms in total. The number of methoxy groups -OCH3 is 1. The smallest absolute Gasteiger partial charge is 0.161 e. The predicted molar refractivity (Wildman–Crippen MR) is 88.1 cm³/mol. The Hall–Kier alpha value is -0.870. The molecule has 0 heterocycles. The van der Waals surface area contributed by atoms with Crippen molar-refractivity contribution < 1.29 is 9.47 Å². The Morgan fingerprint density at radius 1 is 1.20 bits per heavy atom. The fraction of sp³-hybridized carbons (Fsp3) is 0.625. The third-order valence-corrected chi connectivity index (χ3v) is 3.50. The van der Waals surface area contributed by atoms with Crippen LogP contribution in [-0.4, -0.2) is 31.3 Å². The topological polar surface area (TPSA) is 30.5 Å². The van der Waals surface area contributed by atoms with Crippen LogP contribution in [0.1, 0.15) is 32.8 Å². The van der Waals surface area contributed by atoms with Gasteiger partial charge in [0.15, 0.2) is 11.5 Å². The number of benzene rings is 1. The molecule has 0 saturated carbocycles. The van der Waals surface area contributed by atoms with Crippen molar-refractivity contribution in [3.8, 4) is 11.5 Å². The normalized spacial score (nSPS) is 11.4. The van der Waals surface area contributed by atoms with E-state index in [0.717, 1.165) is 36.8 Å². The molecule has 20 heavy (non-hydrogen) atoms. The van der Waals surface area contributed by atoms with Gasteiger partial charge in [0.1, 0.15) is 0 Å². The maximum atomic E-state index is 5.84. The van der Waals surface area contributed by atoms with Crippen LogP contribution < -0.4 is 14.8 Å². The van der Waals surface area contributed by atoms with Crippen molar-refractivity contribution >= 4 is 11.8 Å². The molecule has 0 spiro atoms. The minimum absolute atomic E-state index is 0.110. The minimum Gasteiger partial charge on any atom is -0.493 e. The summed E-state index contributed by atoms with van der Waals surface area (Å²) in [6.07, 6.45) is 3.16. The fourth-order valence-electron chi connectivity index (χ4n) is 1.70. The van der Waals surface area contributed by atoms with E-state index in [1.807, 2.05) is 17.8 Å². The minimum atomic E-state index is 0.110. The molecule has 0 aliphatic rings. The van der Waals surface area contributed by atoms with Gasteiger partial charge in [0.05, 0.1) is 13.7 Å². The summed E-state index contributed by atoms with van der Waals surface area (Å²) in [5.41, 5.74) is 1.32. The van der Waals surface area contributed by atoms with Crippen LogP contribution >= 0.6 is 11.8 Å². The summed E-state index contributed by atoms with van der Waals surface area (Å²) < 4.78 is 11.2. The van der Waals surface area contributed by atoms with E-state index in [0.29, 0.717) is 0 Å². The molecule has 4 heteroatoms. The largest absolute Gasteiger partial charge is 0.493 e. The first-order valence-electron chi connectivity index (χ1n) is 7.00. The second-order valence-electron chi connectivity index (χ2n) is 5.78.